The highest BCUT2D eigenvalue weighted by Crippen LogP contribution is 2.29. The van der Waals surface area contributed by atoms with Crippen LogP contribution >= 0.6 is 0 Å². The van der Waals surface area contributed by atoms with Crippen molar-refractivity contribution in [2.75, 3.05) is 25.6 Å². The SMILES string of the molecule is CCOc1ccc(C(=O)Nc2cnn(Cc3ccccc3C(=O)OC)c2)cc1OCC. The first kappa shape index (κ1) is 21.9. The molecule has 31 heavy (non-hydrogen) atoms. The number of aromatic nitrogens is 2. The first-order valence-electron chi connectivity index (χ1n) is 9.95. The number of amides is 1. The second kappa shape index (κ2) is 10.3. The van der Waals surface area contributed by atoms with Gasteiger partial charge in [-0.1, -0.05) is 18.2 Å². The lowest BCUT2D eigenvalue weighted by Gasteiger charge is -2.12. The maximum Gasteiger partial charge on any atom is 0.338 e. The topological polar surface area (TPSA) is 91.7 Å². The van der Waals surface area contributed by atoms with Gasteiger partial charge in [0.25, 0.3) is 5.91 Å². The average molecular weight is 423 g/mol. The second-order valence-corrected chi connectivity index (χ2v) is 6.56. The van der Waals surface area contributed by atoms with Crippen molar-refractivity contribution in [1.82, 2.24) is 9.78 Å². The molecular weight excluding hydrogens is 398 g/mol. The molecule has 1 heterocycles. The van der Waals surface area contributed by atoms with Crippen LogP contribution in [0, 0.1) is 0 Å². The zero-order valence-electron chi connectivity index (χ0n) is 17.8. The summed E-state index contributed by atoms with van der Waals surface area (Å²) in [6.45, 7) is 5.08. The Morgan fingerprint density at radius 1 is 1.03 bits per heavy atom. The van der Waals surface area contributed by atoms with Crippen molar-refractivity contribution in [3.63, 3.8) is 0 Å². The number of ether oxygens (including phenoxy) is 3. The largest absolute Gasteiger partial charge is 0.490 e. The van der Waals surface area contributed by atoms with Crippen LogP contribution in [0.1, 0.15) is 40.1 Å². The molecular formula is C23H25N3O5. The zero-order chi connectivity index (χ0) is 22.2. The maximum atomic E-state index is 12.7. The van der Waals surface area contributed by atoms with Crippen molar-refractivity contribution in [1.29, 1.82) is 0 Å². The number of anilines is 1. The first-order chi connectivity index (χ1) is 15.0. The molecule has 1 aromatic heterocycles. The Morgan fingerprint density at radius 3 is 2.52 bits per heavy atom. The smallest absolute Gasteiger partial charge is 0.338 e. The molecule has 0 fully saturated rings. The number of rotatable bonds is 9. The van der Waals surface area contributed by atoms with E-state index >= 15 is 0 Å². The molecule has 0 atom stereocenters. The fourth-order valence-electron chi connectivity index (χ4n) is 3.05. The van der Waals surface area contributed by atoms with Crippen LogP contribution in [0.15, 0.2) is 54.9 Å². The Morgan fingerprint density at radius 2 is 1.77 bits per heavy atom. The van der Waals surface area contributed by atoms with Crippen molar-refractivity contribution in [3.05, 3.63) is 71.5 Å². The van der Waals surface area contributed by atoms with Crippen LogP contribution < -0.4 is 14.8 Å². The highest BCUT2D eigenvalue weighted by atomic mass is 16.5. The average Bonchev–Trinajstić information content (AvgIpc) is 3.21. The summed E-state index contributed by atoms with van der Waals surface area (Å²) < 4.78 is 17.6. The van der Waals surface area contributed by atoms with Crippen LogP contribution in [-0.2, 0) is 11.3 Å². The van der Waals surface area contributed by atoms with E-state index in [-0.39, 0.29) is 5.91 Å². The van der Waals surface area contributed by atoms with E-state index in [1.807, 2.05) is 26.0 Å². The molecule has 0 bridgehead atoms. The highest BCUT2D eigenvalue weighted by Gasteiger charge is 2.14. The molecule has 0 spiro atoms. The summed E-state index contributed by atoms with van der Waals surface area (Å²) in [6.07, 6.45) is 3.25. The number of hydrogen-bond acceptors (Lipinski definition) is 6. The van der Waals surface area contributed by atoms with Crippen molar-refractivity contribution < 1.29 is 23.8 Å². The molecule has 3 rings (SSSR count). The number of benzene rings is 2. The summed E-state index contributed by atoms with van der Waals surface area (Å²) >= 11 is 0. The van der Waals surface area contributed by atoms with E-state index < -0.39 is 5.97 Å². The zero-order valence-corrected chi connectivity index (χ0v) is 17.8. The van der Waals surface area contributed by atoms with E-state index in [1.165, 1.54) is 7.11 Å². The van der Waals surface area contributed by atoms with Gasteiger partial charge in [-0.15, -0.1) is 0 Å². The second-order valence-electron chi connectivity index (χ2n) is 6.56. The van der Waals surface area contributed by atoms with Gasteiger partial charge in [0.15, 0.2) is 11.5 Å². The maximum absolute atomic E-state index is 12.7. The van der Waals surface area contributed by atoms with Crippen molar-refractivity contribution in [2.45, 2.75) is 20.4 Å². The fourth-order valence-corrected chi connectivity index (χ4v) is 3.05. The molecule has 0 radical (unpaired) electrons. The number of nitrogens with one attached hydrogen (secondary N) is 1. The lowest BCUT2D eigenvalue weighted by atomic mass is 10.1. The van der Waals surface area contributed by atoms with Gasteiger partial charge in [0, 0.05) is 11.8 Å². The third kappa shape index (κ3) is 5.42. The van der Waals surface area contributed by atoms with Gasteiger partial charge in [-0.3, -0.25) is 9.48 Å². The van der Waals surface area contributed by atoms with Gasteiger partial charge in [-0.05, 0) is 43.7 Å². The van der Waals surface area contributed by atoms with Gasteiger partial charge in [-0.25, -0.2) is 4.79 Å². The summed E-state index contributed by atoms with van der Waals surface area (Å²) in [5, 5.41) is 7.10. The van der Waals surface area contributed by atoms with E-state index in [1.54, 1.807) is 47.4 Å². The van der Waals surface area contributed by atoms with Crippen LogP contribution in [0.4, 0.5) is 5.69 Å². The molecule has 0 saturated carbocycles. The quantitative estimate of drug-likeness (QED) is 0.527. The van der Waals surface area contributed by atoms with Crippen LogP contribution in [0.5, 0.6) is 11.5 Å². The van der Waals surface area contributed by atoms with Gasteiger partial charge in [-0.2, -0.15) is 5.10 Å². The Labute approximate surface area is 180 Å². The minimum Gasteiger partial charge on any atom is -0.490 e. The molecule has 1 N–H and O–H groups in total. The Hall–Kier alpha value is -3.81. The minimum absolute atomic E-state index is 0.293. The molecule has 8 heteroatoms. The highest BCUT2D eigenvalue weighted by molar-refractivity contribution is 6.04. The monoisotopic (exact) mass is 423 g/mol. The first-order valence-corrected chi connectivity index (χ1v) is 9.95. The number of esters is 1. The standard InChI is InChI=1S/C23H25N3O5/c1-4-30-20-11-10-16(12-21(20)31-5-2)22(27)25-18-13-24-26(15-18)14-17-8-6-7-9-19(17)23(28)29-3/h6-13,15H,4-5,14H2,1-3H3,(H,25,27). The van der Waals surface area contributed by atoms with Crippen LogP contribution in [0.2, 0.25) is 0 Å². The number of methoxy groups -OCH3 is 1. The summed E-state index contributed by atoms with van der Waals surface area (Å²) in [5.74, 6) is 0.417. The number of nitrogens with zero attached hydrogens (tertiary/aromatic N) is 2. The molecule has 2 aromatic carbocycles. The molecule has 162 valence electrons. The van der Waals surface area contributed by atoms with Gasteiger partial charge in [0.05, 0.1) is 44.3 Å². The normalized spacial score (nSPS) is 10.4. The Balaban J connectivity index is 1.72. The molecule has 8 nitrogen and oxygen atoms in total. The summed E-state index contributed by atoms with van der Waals surface area (Å²) in [4.78, 5) is 24.6. The number of hydrogen-bond donors (Lipinski definition) is 1. The molecule has 1 amide bonds. The van der Waals surface area contributed by atoms with Gasteiger partial charge < -0.3 is 19.5 Å². The van der Waals surface area contributed by atoms with E-state index in [0.29, 0.717) is 48.1 Å². The molecule has 3 aromatic rings. The van der Waals surface area contributed by atoms with Crippen LogP contribution in [-0.4, -0.2) is 42.0 Å². The third-order valence-electron chi connectivity index (χ3n) is 4.45. The molecule has 0 aliphatic carbocycles. The molecule has 0 aliphatic rings. The molecule has 0 saturated heterocycles. The predicted molar refractivity (Wildman–Crippen MR) is 116 cm³/mol. The van der Waals surface area contributed by atoms with Gasteiger partial charge >= 0.3 is 5.97 Å². The van der Waals surface area contributed by atoms with E-state index in [0.717, 1.165) is 5.56 Å². The summed E-state index contributed by atoms with van der Waals surface area (Å²) in [5.41, 5.74) is 2.22. The fraction of sp³-hybridized carbons (Fsp3) is 0.261. The molecule has 0 unspecified atom stereocenters. The van der Waals surface area contributed by atoms with E-state index in [2.05, 4.69) is 10.4 Å². The summed E-state index contributed by atoms with van der Waals surface area (Å²) in [7, 11) is 1.35. The van der Waals surface area contributed by atoms with Crippen LogP contribution in [0.25, 0.3) is 0 Å². The van der Waals surface area contributed by atoms with E-state index in [9.17, 15) is 9.59 Å². The van der Waals surface area contributed by atoms with Crippen molar-refractivity contribution in [2.24, 2.45) is 0 Å². The van der Waals surface area contributed by atoms with Crippen molar-refractivity contribution in [3.8, 4) is 11.5 Å². The van der Waals surface area contributed by atoms with Gasteiger partial charge in [0.2, 0.25) is 0 Å². The van der Waals surface area contributed by atoms with Gasteiger partial charge in [0.1, 0.15) is 0 Å². The summed E-state index contributed by atoms with van der Waals surface area (Å²) in [6, 6.07) is 12.2. The van der Waals surface area contributed by atoms with E-state index in [4.69, 9.17) is 14.2 Å². The predicted octanol–water partition coefficient (Wildman–Crippen LogP) is 3.77. The minimum atomic E-state index is -0.406. The number of carbonyl (C=O) groups excluding carboxylic acids is 2. The molecule has 0 aliphatic heterocycles. The Bertz CT molecular complexity index is 1060. The number of carbonyl (C=O) groups is 2. The lowest BCUT2D eigenvalue weighted by Crippen LogP contribution is -2.12. The third-order valence-corrected chi connectivity index (χ3v) is 4.45. The van der Waals surface area contributed by atoms with Crippen LogP contribution in [0.3, 0.4) is 0 Å². The van der Waals surface area contributed by atoms with Crippen molar-refractivity contribution >= 4 is 17.6 Å². The Kier molecular flexibility index (Phi) is 7.26. The lowest BCUT2D eigenvalue weighted by molar-refractivity contribution is 0.0599.